The first-order valence-corrected chi connectivity index (χ1v) is 12.1. The lowest BCUT2D eigenvalue weighted by molar-refractivity contribution is -0.143. The third kappa shape index (κ3) is 3.45. The number of nitrogens with zero attached hydrogens (tertiary/aromatic N) is 1. The molecule has 1 saturated heterocycles. The largest absolute Gasteiger partial charge is 0.481 e. The Balaban J connectivity index is 1.00. The number of aliphatic carboxylic acids is 1. The molecule has 176 valence electrons. The highest BCUT2D eigenvalue weighted by Crippen LogP contribution is 2.56. The standard InChI is InChI=1S/C27H28N2O5/c30-24(29-13-23(25(31)32)27(15-29)9-10-27)16-11-17(12-16)28-26(33)34-14-22-20-7-3-1-5-18(20)19-6-2-4-8-21(19)22/h1-8,16-17,22-23H,9-15H2,(H,28,33)(H,31,32). The maximum atomic E-state index is 12.9. The first-order chi connectivity index (χ1) is 16.4. The third-order valence-electron chi connectivity index (χ3n) is 8.30. The van der Waals surface area contributed by atoms with Crippen molar-refractivity contribution >= 4 is 18.0 Å². The highest BCUT2D eigenvalue weighted by atomic mass is 16.5. The van der Waals surface area contributed by atoms with Gasteiger partial charge in [0.05, 0.1) is 5.92 Å². The molecule has 2 saturated carbocycles. The lowest BCUT2D eigenvalue weighted by atomic mass is 9.79. The van der Waals surface area contributed by atoms with E-state index in [-0.39, 0.29) is 35.8 Å². The van der Waals surface area contributed by atoms with Gasteiger partial charge in [0.25, 0.3) is 0 Å². The highest BCUT2D eigenvalue weighted by molar-refractivity contribution is 5.83. The van der Waals surface area contributed by atoms with Gasteiger partial charge in [0.1, 0.15) is 6.61 Å². The van der Waals surface area contributed by atoms with E-state index in [0.717, 1.165) is 12.8 Å². The van der Waals surface area contributed by atoms with Crippen molar-refractivity contribution in [2.24, 2.45) is 17.3 Å². The van der Waals surface area contributed by atoms with Crippen molar-refractivity contribution < 1.29 is 24.2 Å². The number of carboxylic acids is 1. The lowest BCUT2D eigenvalue weighted by Crippen LogP contribution is -2.50. The molecule has 2 N–H and O–H groups in total. The Morgan fingerprint density at radius 3 is 2.18 bits per heavy atom. The molecule has 2 aromatic rings. The Bertz CT molecular complexity index is 1120. The van der Waals surface area contributed by atoms with Crippen LogP contribution in [0.1, 0.15) is 42.7 Å². The Labute approximate surface area is 198 Å². The second-order valence-electron chi connectivity index (χ2n) is 10.3. The molecule has 0 bridgehead atoms. The summed E-state index contributed by atoms with van der Waals surface area (Å²) in [5.41, 5.74) is 4.53. The minimum Gasteiger partial charge on any atom is -0.481 e. The molecule has 7 nitrogen and oxygen atoms in total. The number of alkyl carbamates (subject to hydrolysis) is 1. The molecule has 6 rings (SSSR count). The average Bonchev–Trinajstić information content (AvgIpc) is 3.36. The van der Waals surface area contributed by atoms with Gasteiger partial charge in [0.2, 0.25) is 5.91 Å². The topological polar surface area (TPSA) is 95.9 Å². The molecular formula is C27H28N2O5. The van der Waals surface area contributed by atoms with Crippen LogP contribution in [-0.2, 0) is 14.3 Å². The molecule has 1 unspecified atom stereocenters. The number of amides is 2. The van der Waals surface area contributed by atoms with Crippen LogP contribution in [0, 0.1) is 17.3 Å². The molecule has 1 heterocycles. The van der Waals surface area contributed by atoms with Gasteiger partial charge in [-0.15, -0.1) is 0 Å². The predicted molar refractivity (Wildman–Crippen MR) is 124 cm³/mol. The molecule has 7 heteroatoms. The molecule has 34 heavy (non-hydrogen) atoms. The van der Waals surface area contributed by atoms with Crippen molar-refractivity contribution in [1.82, 2.24) is 10.2 Å². The van der Waals surface area contributed by atoms with Gasteiger partial charge in [-0.1, -0.05) is 48.5 Å². The Kier molecular flexibility index (Phi) is 4.90. The monoisotopic (exact) mass is 460 g/mol. The van der Waals surface area contributed by atoms with Crippen molar-refractivity contribution in [3.63, 3.8) is 0 Å². The van der Waals surface area contributed by atoms with Crippen LogP contribution >= 0.6 is 0 Å². The van der Waals surface area contributed by atoms with E-state index < -0.39 is 18.0 Å². The quantitative estimate of drug-likeness (QED) is 0.711. The molecule has 3 aliphatic carbocycles. The fraction of sp³-hybridized carbons (Fsp3) is 0.444. The zero-order valence-corrected chi connectivity index (χ0v) is 18.9. The smallest absolute Gasteiger partial charge is 0.407 e. The summed E-state index contributed by atoms with van der Waals surface area (Å²) in [4.78, 5) is 38.6. The summed E-state index contributed by atoms with van der Waals surface area (Å²) in [5, 5.41) is 12.4. The zero-order chi connectivity index (χ0) is 23.4. The number of fused-ring (bicyclic) bond motifs is 3. The van der Waals surface area contributed by atoms with Crippen LogP contribution in [0.25, 0.3) is 11.1 Å². The van der Waals surface area contributed by atoms with Gasteiger partial charge >= 0.3 is 12.1 Å². The van der Waals surface area contributed by atoms with Crippen molar-refractivity contribution in [2.45, 2.75) is 37.6 Å². The number of ether oxygens (including phenoxy) is 1. The maximum absolute atomic E-state index is 12.9. The van der Waals surface area contributed by atoms with Crippen LogP contribution in [0.2, 0.25) is 0 Å². The second-order valence-corrected chi connectivity index (χ2v) is 10.3. The first-order valence-electron chi connectivity index (χ1n) is 12.1. The van der Waals surface area contributed by atoms with Crippen LogP contribution < -0.4 is 5.32 Å². The molecule has 2 amide bonds. The molecule has 0 radical (unpaired) electrons. The van der Waals surface area contributed by atoms with Gasteiger partial charge in [-0.3, -0.25) is 9.59 Å². The SMILES string of the molecule is O=C(NC1CC(C(=O)N2CC(C(=O)O)C3(CC3)C2)C1)OCC1c2ccccc2-c2ccccc21. The number of hydrogen-bond donors (Lipinski definition) is 2. The summed E-state index contributed by atoms with van der Waals surface area (Å²) in [5.74, 6) is -1.34. The summed E-state index contributed by atoms with van der Waals surface area (Å²) in [7, 11) is 0. The zero-order valence-electron chi connectivity index (χ0n) is 18.9. The molecule has 4 aliphatic rings. The maximum Gasteiger partial charge on any atom is 0.407 e. The van der Waals surface area contributed by atoms with E-state index in [1.165, 1.54) is 22.3 Å². The second kappa shape index (κ2) is 7.86. The number of carboxylic acid groups (broad SMARTS) is 1. The van der Waals surface area contributed by atoms with Crippen LogP contribution in [-0.4, -0.2) is 53.7 Å². The van der Waals surface area contributed by atoms with Crippen molar-refractivity contribution in [2.75, 3.05) is 19.7 Å². The van der Waals surface area contributed by atoms with E-state index in [2.05, 4.69) is 29.6 Å². The third-order valence-corrected chi connectivity index (χ3v) is 8.30. The van der Waals surface area contributed by atoms with Gasteiger partial charge in [0, 0.05) is 36.4 Å². The molecule has 1 spiro atoms. The predicted octanol–water partition coefficient (Wildman–Crippen LogP) is 3.63. The van der Waals surface area contributed by atoms with E-state index in [0.29, 0.717) is 25.9 Å². The fourth-order valence-electron chi connectivity index (χ4n) is 6.15. The molecule has 1 atom stereocenters. The van der Waals surface area contributed by atoms with E-state index in [1.54, 1.807) is 4.90 Å². The molecule has 2 aromatic carbocycles. The summed E-state index contributed by atoms with van der Waals surface area (Å²) in [6.07, 6.45) is 2.48. The number of carbonyl (C=O) groups is 3. The minimum absolute atomic E-state index is 0.0148. The number of benzene rings is 2. The first kappa shape index (κ1) is 21.2. The van der Waals surface area contributed by atoms with E-state index in [9.17, 15) is 19.5 Å². The number of rotatable bonds is 5. The number of hydrogen-bond acceptors (Lipinski definition) is 4. The molecule has 1 aliphatic heterocycles. The van der Waals surface area contributed by atoms with E-state index >= 15 is 0 Å². The lowest BCUT2D eigenvalue weighted by Gasteiger charge is -2.36. The normalized spacial score (nSPS) is 25.9. The van der Waals surface area contributed by atoms with Crippen LogP contribution in [0.4, 0.5) is 4.79 Å². The van der Waals surface area contributed by atoms with Gasteiger partial charge in [-0.25, -0.2) is 4.79 Å². The van der Waals surface area contributed by atoms with Crippen LogP contribution in [0.15, 0.2) is 48.5 Å². The minimum atomic E-state index is -0.795. The van der Waals surface area contributed by atoms with Crippen molar-refractivity contribution in [1.29, 1.82) is 0 Å². The van der Waals surface area contributed by atoms with Crippen molar-refractivity contribution in [3.8, 4) is 11.1 Å². The Morgan fingerprint density at radius 1 is 1.00 bits per heavy atom. The summed E-state index contributed by atoms with van der Waals surface area (Å²) in [6.45, 7) is 1.14. The summed E-state index contributed by atoms with van der Waals surface area (Å²) >= 11 is 0. The number of carbonyl (C=O) groups excluding carboxylic acids is 2. The van der Waals surface area contributed by atoms with Crippen molar-refractivity contribution in [3.05, 3.63) is 59.7 Å². The Hall–Kier alpha value is -3.35. The molecular weight excluding hydrogens is 432 g/mol. The Morgan fingerprint density at radius 2 is 1.62 bits per heavy atom. The van der Waals surface area contributed by atoms with E-state index in [4.69, 9.17) is 4.74 Å². The fourth-order valence-corrected chi connectivity index (χ4v) is 6.15. The molecule has 0 aromatic heterocycles. The average molecular weight is 461 g/mol. The molecule has 3 fully saturated rings. The van der Waals surface area contributed by atoms with Gasteiger partial charge in [-0.05, 0) is 47.9 Å². The van der Waals surface area contributed by atoms with Crippen LogP contribution in [0.5, 0.6) is 0 Å². The highest BCUT2D eigenvalue weighted by Gasteiger charge is 2.59. The van der Waals surface area contributed by atoms with Gasteiger partial charge < -0.3 is 20.1 Å². The number of nitrogens with one attached hydrogen (secondary N) is 1. The van der Waals surface area contributed by atoms with Gasteiger partial charge in [0.15, 0.2) is 0 Å². The summed E-state index contributed by atoms with van der Waals surface area (Å²) in [6, 6.07) is 16.3. The number of likely N-dealkylation sites (tertiary alicyclic amines) is 1. The summed E-state index contributed by atoms with van der Waals surface area (Å²) < 4.78 is 5.61. The van der Waals surface area contributed by atoms with E-state index in [1.807, 2.05) is 24.3 Å². The van der Waals surface area contributed by atoms with Crippen LogP contribution in [0.3, 0.4) is 0 Å². The van der Waals surface area contributed by atoms with Gasteiger partial charge in [-0.2, -0.15) is 0 Å².